The second kappa shape index (κ2) is 7.36. The summed E-state index contributed by atoms with van der Waals surface area (Å²) in [5, 5.41) is 2.38. The molecule has 0 aliphatic carbocycles. The summed E-state index contributed by atoms with van der Waals surface area (Å²) in [4.78, 5) is 43.4. The molecule has 3 aromatic rings. The van der Waals surface area contributed by atoms with Crippen molar-refractivity contribution in [1.82, 2.24) is 9.55 Å². The van der Waals surface area contributed by atoms with Gasteiger partial charge in [-0.1, -0.05) is 6.07 Å². The molecule has 0 N–H and O–H groups in total. The molecule has 27 heavy (non-hydrogen) atoms. The molecule has 4 heterocycles. The van der Waals surface area contributed by atoms with Crippen LogP contribution in [0.15, 0.2) is 22.3 Å². The van der Waals surface area contributed by atoms with Crippen molar-refractivity contribution in [3.63, 3.8) is 0 Å². The molecule has 4 rings (SSSR count). The van der Waals surface area contributed by atoms with E-state index >= 15 is 0 Å². The van der Waals surface area contributed by atoms with E-state index in [-0.39, 0.29) is 17.9 Å². The monoisotopic (exact) mass is 402 g/mol. The van der Waals surface area contributed by atoms with Crippen molar-refractivity contribution in [2.24, 2.45) is 0 Å². The summed E-state index contributed by atoms with van der Waals surface area (Å²) < 4.78 is 7.03. The topological polar surface area (TPSA) is 78.3 Å². The van der Waals surface area contributed by atoms with E-state index in [0.29, 0.717) is 40.0 Å². The van der Waals surface area contributed by atoms with E-state index in [2.05, 4.69) is 4.98 Å². The fraction of sp³-hybridized carbons (Fsp3) is 0.368. The lowest BCUT2D eigenvalue weighted by Crippen LogP contribution is -2.20. The Morgan fingerprint density at radius 1 is 1.37 bits per heavy atom. The van der Waals surface area contributed by atoms with Gasteiger partial charge in [0.2, 0.25) is 0 Å². The molecule has 1 aliphatic heterocycles. The number of esters is 1. The van der Waals surface area contributed by atoms with E-state index in [1.54, 1.807) is 17.6 Å². The Morgan fingerprint density at radius 2 is 2.22 bits per heavy atom. The van der Waals surface area contributed by atoms with Crippen molar-refractivity contribution in [1.29, 1.82) is 0 Å². The number of ether oxygens (including phenoxy) is 1. The van der Waals surface area contributed by atoms with Crippen LogP contribution in [0.3, 0.4) is 0 Å². The Kier molecular flexibility index (Phi) is 4.92. The minimum Gasteiger partial charge on any atom is -0.461 e. The number of fused-ring (bicyclic) bond motifs is 2. The van der Waals surface area contributed by atoms with Crippen LogP contribution in [0.2, 0.25) is 0 Å². The molecule has 8 heteroatoms. The van der Waals surface area contributed by atoms with Crippen LogP contribution in [0.4, 0.5) is 0 Å². The van der Waals surface area contributed by atoms with E-state index in [1.165, 1.54) is 22.7 Å². The largest absolute Gasteiger partial charge is 0.461 e. The molecular weight excluding hydrogens is 384 g/mol. The van der Waals surface area contributed by atoms with Crippen molar-refractivity contribution in [2.75, 3.05) is 6.61 Å². The third-order valence-electron chi connectivity index (χ3n) is 4.67. The first-order chi connectivity index (χ1) is 13.1. The Bertz CT molecular complexity index is 1080. The van der Waals surface area contributed by atoms with Crippen LogP contribution in [0.1, 0.15) is 50.0 Å². The summed E-state index contributed by atoms with van der Waals surface area (Å²) in [6.07, 6.45) is 2.54. The first-order valence-corrected chi connectivity index (χ1v) is 10.5. The second-order valence-electron chi connectivity index (χ2n) is 6.46. The standard InChI is InChI=1S/C19H18N2O4S2/c1-11-15-17(20-14-7-2-8-21(14)18(15)23)27-16(11)19(24)25-9-3-5-12(22)13-6-4-10-26-13/h4,6,10H,2-3,5,7-9H2,1H3. The molecule has 0 saturated carbocycles. The molecule has 0 radical (unpaired) electrons. The second-order valence-corrected chi connectivity index (χ2v) is 8.41. The van der Waals surface area contributed by atoms with E-state index in [0.717, 1.165) is 23.5 Å². The van der Waals surface area contributed by atoms with Crippen LogP contribution in [-0.4, -0.2) is 27.9 Å². The third-order valence-corrected chi connectivity index (χ3v) is 6.75. The van der Waals surface area contributed by atoms with E-state index in [4.69, 9.17) is 4.74 Å². The number of carbonyl (C=O) groups excluding carboxylic acids is 2. The molecule has 0 bridgehead atoms. The molecule has 0 spiro atoms. The van der Waals surface area contributed by atoms with Crippen LogP contribution in [0.25, 0.3) is 10.2 Å². The van der Waals surface area contributed by atoms with Gasteiger partial charge < -0.3 is 4.74 Å². The first kappa shape index (κ1) is 18.1. The number of thiophene rings is 2. The van der Waals surface area contributed by atoms with Gasteiger partial charge >= 0.3 is 5.97 Å². The maximum absolute atomic E-state index is 12.7. The van der Waals surface area contributed by atoms with E-state index < -0.39 is 5.97 Å². The molecule has 3 aromatic heterocycles. The predicted molar refractivity (Wildman–Crippen MR) is 105 cm³/mol. The molecule has 140 valence electrons. The van der Waals surface area contributed by atoms with Crippen LogP contribution < -0.4 is 5.56 Å². The number of rotatable bonds is 6. The van der Waals surface area contributed by atoms with Crippen molar-refractivity contribution in [3.8, 4) is 0 Å². The maximum atomic E-state index is 12.7. The fourth-order valence-corrected chi connectivity index (χ4v) is 5.07. The SMILES string of the molecule is Cc1c(C(=O)OCCCC(=O)c2cccs2)sc2nc3n(c(=O)c12)CCC3. The van der Waals surface area contributed by atoms with E-state index in [1.807, 2.05) is 11.4 Å². The maximum Gasteiger partial charge on any atom is 0.348 e. The number of ketones is 1. The van der Waals surface area contributed by atoms with Gasteiger partial charge in [0.1, 0.15) is 15.5 Å². The minimum absolute atomic E-state index is 0.0610. The smallest absolute Gasteiger partial charge is 0.348 e. The Labute approximate surface area is 163 Å². The third kappa shape index (κ3) is 3.35. The fourth-order valence-electron chi connectivity index (χ4n) is 3.29. The number of aryl methyl sites for hydroxylation is 2. The zero-order chi connectivity index (χ0) is 19.0. The van der Waals surface area contributed by atoms with E-state index in [9.17, 15) is 14.4 Å². The zero-order valence-corrected chi connectivity index (χ0v) is 16.5. The van der Waals surface area contributed by atoms with Gasteiger partial charge in [-0.3, -0.25) is 14.2 Å². The average Bonchev–Trinajstić information content (AvgIpc) is 3.38. The van der Waals surface area contributed by atoms with Gasteiger partial charge in [-0.2, -0.15) is 0 Å². The van der Waals surface area contributed by atoms with Crippen molar-refractivity contribution in [2.45, 2.75) is 39.2 Å². The summed E-state index contributed by atoms with van der Waals surface area (Å²) in [5.74, 6) is 0.398. The minimum atomic E-state index is -0.455. The van der Waals surface area contributed by atoms with Crippen molar-refractivity contribution in [3.05, 3.63) is 49.0 Å². The highest BCUT2D eigenvalue weighted by molar-refractivity contribution is 7.20. The van der Waals surface area contributed by atoms with Gasteiger partial charge in [0, 0.05) is 19.4 Å². The number of Topliss-reactive ketones (excluding diaryl/α,β-unsaturated/α-hetero) is 1. The molecule has 6 nitrogen and oxygen atoms in total. The van der Waals surface area contributed by atoms with Gasteiger partial charge in [-0.25, -0.2) is 9.78 Å². The summed E-state index contributed by atoms with van der Waals surface area (Å²) in [6.45, 7) is 2.62. The summed E-state index contributed by atoms with van der Waals surface area (Å²) >= 11 is 2.62. The molecule has 0 saturated heterocycles. The molecule has 0 amide bonds. The van der Waals surface area contributed by atoms with Crippen LogP contribution >= 0.6 is 22.7 Å². The molecule has 1 aliphatic rings. The summed E-state index contributed by atoms with van der Waals surface area (Å²) in [7, 11) is 0. The lowest BCUT2D eigenvalue weighted by molar-refractivity contribution is 0.0499. The number of nitrogens with zero attached hydrogens (tertiary/aromatic N) is 2. The van der Waals surface area contributed by atoms with Gasteiger partial charge in [-0.15, -0.1) is 22.7 Å². The quantitative estimate of drug-likeness (QED) is 0.358. The molecule has 0 atom stereocenters. The molecule has 0 unspecified atom stereocenters. The van der Waals surface area contributed by atoms with Gasteiger partial charge in [0.05, 0.1) is 16.9 Å². The zero-order valence-electron chi connectivity index (χ0n) is 14.8. The van der Waals surface area contributed by atoms with Gasteiger partial charge in [0.15, 0.2) is 5.78 Å². The first-order valence-electron chi connectivity index (χ1n) is 8.83. The highest BCUT2D eigenvalue weighted by Gasteiger charge is 2.24. The molecule has 0 fully saturated rings. The van der Waals surface area contributed by atoms with Gasteiger partial charge in [0.25, 0.3) is 5.56 Å². The Balaban J connectivity index is 1.44. The number of hydrogen-bond acceptors (Lipinski definition) is 7. The van der Waals surface area contributed by atoms with Crippen LogP contribution in [0, 0.1) is 6.92 Å². The lowest BCUT2D eigenvalue weighted by atomic mass is 10.2. The Hall–Kier alpha value is -2.32. The number of aromatic nitrogens is 2. The number of hydrogen-bond donors (Lipinski definition) is 0. The number of carbonyl (C=O) groups is 2. The Morgan fingerprint density at radius 3 is 3.00 bits per heavy atom. The molecule has 0 aromatic carbocycles. The highest BCUT2D eigenvalue weighted by atomic mass is 32.1. The van der Waals surface area contributed by atoms with Crippen LogP contribution in [0.5, 0.6) is 0 Å². The normalized spacial score (nSPS) is 13.1. The van der Waals surface area contributed by atoms with Crippen LogP contribution in [-0.2, 0) is 17.7 Å². The average molecular weight is 402 g/mol. The lowest BCUT2D eigenvalue weighted by Gasteiger charge is -2.04. The van der Waals surface area contributed by atoms with Crippen molar-refractivity contribution < 1.29 is 14.3 Å². The summed E-state index contributed by atoms with van der Waals surface area (Å²) in [5.41, 5.74) is 0.566. The van der Waals surface area contributed by atoms with Gasteiger partial charge in [-0.05, 0) is 36.8 Å². The predicted octanol–water partition coefficient (Wildman–Crippen LogP) is 3.59. The highest BCUT2D eigenvalue weighted by Crippen LogP contribution is 2.29. The van der Waals surface area contributed by atoms with Crippen molar-refractivity contribution >= 4 is 44.6 Å². The molecular formula is C19H18N2O4S2. The summed E-state index contributed by atoms with van der Waals surface area (Å²) in [6, 6.07) is 3.64.